The average Bonchev–Trinajstić information content (AvgIpc) is 2.45. The van der Waals surface area contributed by atoms with Crippen LogP contribution in [0.25, 0.3) is 0 Å². The molecule has 0 aliphatic carbocycles. The van der Waals surface area contributed by atoms with Gasteiger partial charge in [-0.3, -0.25) is 0 Å². The van der Waals surface area contributed by atoms with E-state index < -0.39 is 0 Å². The molecule has 1 heterocycles. The first kappa shape index (κ1) is 14.4. The number of hydrogen-bond acceptors (Lipinski definition) is 3. The van der Waals surface area contributed by atoms with Crippen LogP contribution in [0.3, 0.4) is 0 Å². The molecule has 1 aromatic carbocycles. The average molecular weight is 262 g/mol. The van der Waals surface area contributed by atoms with Gasteiger partial charge in [-0.15, -0.1) is 0 Å². The van der Waals surface area contributed by atoms with Crippen LogP contribution in [0.2, 0.25) is 0 Å². The summed E-state index contributed by atoms with van der Waals surface area (Å²) >= 11 is 0. The number of ether oxygens (including phenoxy) is 1. The van der Waals surface area contributed by atoms with Gasteiger partial charge < -0.3 is 15.0 Å². The molecular formula is C16H26N2O. The van der Waals surface area contributed by atoms with E-state index in [-0.39, 0.29) is 0 Å². The van der Waals surface area contributed by atoms with Crippen LogP contribution in [-0.4, -0.2) is 32.3 Å². The summed E-state index contributed by atoms with van der Waals surface area (Å²) in [5.41, 5.74) is 2.74. The minimum absolute atomic E-state index is 0.375. The molecule has 1 unspecified atom stereocenters. The summed E-state index contributed by atoms with van der Waals surface area (Å²) in [6.45, 7) is 7.45. The predicted octanol–water partition coefficient (Wildman–Crippen LogP) is 2.80. The van der Waals surface area contributed by atoms with Gasteiger partial charge in [0, 0.05) is 38.5 Å². The van der Waals surface area contributed by atoms with Crippen LogP contribution >= 0.6 is 0 Å². The molecule has 19 heavy (non-hydrogen) atoms. The van der Waals surface area contributed by atoms with Crippen molar-refractivity contribution in [1.29, 1.82) is 0 Å². The Morgan fingerprint density at radius 2 is 2.16 bits per heavy atom. The topological polar surface area (TPSA) is 24.5 Å². The zero-order chi connectivity index (χ0) is 13.7. The van der Waals surface area contributed by atoms with E-state index in [1.165, 1.54) is 24.1 Å². The lowest BCUT2D eigenvalue weighted by Crippen LogP contribution is -2.40. The van der Waals surface area contributed by atoms with Crippen molar-refractivity contribution in [3.8, 4) is 0 Å². The van der Waals surface area contributed by atoms with Crippen LogP contribution < -0.4 is 10.2 Å². The number of para-hydroxylation sites is 1. The van der Waals surface area contributed by atoms with Gasteiger partial charge >= 0.3 is 0 Å². The summed E-state index contributed by atoms with van der Waals surface area (Å²) in [5, 5.41) is 3.51. The third-order valence-corrected chi connectivity index (χ3v) is 3.74. The lowest BCUT2D eigenvalue weighted by Gasteiger charge is -2.35. The highest BCUT2D eigenvalue weighted by molar-refractivity contribution is 5.54. The molecule has 0 saturated carbocycles. The lowest BCUT2D eigenvalue weighted by molar-refractivity contribution is 0.0893. The molecule has 0 bridgehead atoms. The first-order valence-electron chi connectivity index (χ1n) is 7.29. The van der Waals surface area contributed by atoms with Gasteiger partial charge in [-0.2, -0.15) is 0 Å². The number of anilines is 1. The van der Waals surface area contributed by atoms with Gasteiger partial charge in [0.15, 0.2) is 0 Å². The molecule has 0 amide bonds. The van der Waals surface area contributed by atoms with E-state index in [0.29, 0.717) is 12.1 Å². The van der Waals surface area contributed by atoms with E-state index in [0.717, 1.165) is 19.6 Å². The molecule has 1 N–H and O–H groups in total. The monoisotopic (exact) mass is 262 g/mol. The van der Waals surface area contributed by atoms with Crippen molar-refractivity contribution >= 4 is 5.69 Å². The van der Waals surface area contributed by atoms with E-state index >= 15 is 0 Å². The SMILES string of the molecule is COC1CCCN(c2ccccc2CNC(C)C)C1. The highest BCUT2D eigenvalue weighted by Crippen LogP contribution is 2.25. The van der Waals surface area contributed by atoms with Gasteiger partial charge in [-0.25, -0.2) is 0 Å². The Balaban J connectivity index is 2.09. The number of benzene rings is 1. The molecule has 1 aromatic rings. The highest BCUT2D eigenvalue weighted by atomic mass is 16.5. The van der Waals surface area contributed by atoms with E-state index in [2.05, 4.69) is 48.3 Å². The molecule has 2 rings (SSSR count). The van der Waals surface area contributed by atoms with Crippen molar-refractivity contribution < 1.29 is 4.74 Å². The highest BCUT2D eigenvalue weighted by Gasteiger charge is 2.21. The summed E-state index contributed by atoms with van der Waals surface area (Å²) in [4.78, 5) is 2.47. The molecule has 0 radical (unpaired) electrons. The Labute approximate surface area is 116 Å². The Kier molecular flexibility index (Phi) is 5.23. The minimum atomic E-state index is 0.375. The fourth-order valence-corrected chi connectivity index (χ4v) is 2.63. The van der Waals surface area contributed by atoms with Crippen molar-refractivity contribution in [1.82, 2.24) is 5.32 Å². The van der Waals surface area contributed by atoms with Crippen LogP contribution in [0.15, 0.2) is 24.3 Å². The first-order valence-corrected chi connectivity index (χ1v) is 7.29. The van der Waals surface area contributed by atoms with Crippen molar-refractivity contribution in [2.24, 2.45) is 0 Å². The van der Waals surface area contributed by atoms with Gasteiger partial charge in [0.1, 0.15) is 0 Å². The third kappa shape index (κ3) is 3.95. The van der Waals surface area contributed by atoms with Gasteiger partial charge in [0.05, 0.1) is 6.10 Å². The zero-order valence-corrected chi connectivity index (χ0v) is 12.4. The van der Waals surface area contributed by atoms with E-state index in [1.807, 2.05) is 7.11 Å². The van der Waals surface area contributed by atoms with Crippen LogP contribution in [-0.2, 0) is 11.3 Å². The fraction of sp³-hybridized carbons (Fsp3) is 0.625. The minimum Gasteiger partial charge on any atom is -0.380 e. The number of hydrogen-bond donors (Lipinski definition) is 1. The fourth-order valence-electron chi connectivity index (χ4n) is 2.63. The van der Waals surface area contributed by atoms with E-state index in [4.69, 9.17) is 4.74 Å². The largest absolute Gasteiger partial charge is 0.380 e. The predicted molar refractivity (Wildman–Crippen MR) is 80.7 cm³/mol. The van der Waals surface area contributed by atoms with Crippen LogP contribution in [0, 0.1) is 0 Å². The molecule has 1 atom stereocenters. The van der Waals surface area contributed by atoms with Crippen molar-refractivity contribution in [3.63, 3.8) is 0 Å². The third-order valence-electron chi connectivity index (χ3n) is 3.74. The molecule has 0 spiro atoms. The Morgan fingerprint density at radius 1 is 1.37 bits per heavy atom. The van der Waals surface area contributed by atoms with Gasteiger partial charge in [0.25, 0.3) is 0 Å². The molecule has 1 saturated heterocycles. The normalized spacial score (nSPS) is 20.0. The maximum absolute atomic E-state index is 5.52. The number of rotatable bonds is 5. The molecule has 1 aliphatic rings. The summed E-state index contributed by atoms with van der Waals surface area (Å²) in [7, 11) is 1.82. The number of nitrogens with one attached hydrogen (secondary N) is 1. The van der Waals surface area contributed by atoms with Crippen molar-refractivity contribution in [2.75, 3.05) is 25.1 Å². The molecule has 1 aliphatic heterocycles. The van der Waals surface area contributed by atoms with E-state index in [1.54, 1.807) is 0 Å². The molecule has 3 nitrogen and oxygen atoms in total. The summed E-state index contributed by atoms with van der Waals surface area (Å²) in [6, 6.07) is 9.22. The lowest BCUT2D eigenvalue weighted by atomic mass is 10.0. The van der Waals surface area contributed by atoms with Crippen molar-refractivity contribution in [3.05, 3.63) is 29.8 Å². The second-order valence-corrected chi connectivity index (χ2v) is 5.61. The Bertz CT molecular complexity index is 392. The summed E-state index contributed by atoms with van der Waals surface area (Å²) in [5.74, 6) is 0. The second-order valence-electron chi connectivity index (χ2n) is 5.61. The summed E-state index contributed by atoms with van der Waals surface area (Å²) in [6.07, 6.45) is 2.77. The van der Waals surface area contributed by atoms with E-state index in [9.17, 15) is 0 Å². The number of methoxy groups -OCH3 is 1. The van der Waals surface area contributed by atoms with Gasteiger partial charge in [-0.1, -0.05) is 32.0 Å². The zero-order valence-electron chi connectivity index (χ0n) is 12.4. The maximum atomic E-state index is 5.52. The van der Waals surface area contributed by atoms with Crippen LogP contribution in [0.1, 0.15) is 32.3 Å². The molecule has 1 fully saturated rings. The van der Waals surface area contributed by atoms with Gasteiger partial charge in [-0.05, 0) is 24.5 Å². The second kappa shape index (κ2) is 6.92. The molecule has 3 heteroatoms. The Morgan fingerprint density at radius 3 is 2.89 bits per heavy atom. The molecular weight excluding hydrogens is 236 g/mol. The standard InChI is InChI=1S/C16H26N2O/c1-13(2)17-11-14-7-4-5-9-16(14)18-10-6-8-15(12-18)19-3/h4-5,7,9,13,15,17H,6,8,10-12H2,1-3H3. The number of nitrogens with zero attached hydrogens (tertiary/aromatic N) is 1. The number of piperidine rings is 1. The van der Waals surface area contributed by atoms with Gasteiger partial charge in [0.2, 0.25) is 0 Å². The molecule has 106 valence electrons. The summed E-state index contributed by atoms with van der Waals surface area (Å²) < 4.78 is 5.52. The molecule has 0 aromatic heterocycles. The van der Waals surface area contributed by atoms with Crippen LogP contribution in [0.5, 0.6) is 0 Å². The first-order chi connectivity index (χ1) is 9.20. The Hall–Kier alpha value is -1.06. The van der Waals surface area contributed by atoms with Crippen LogP contribution in [0.4, 0.5) is 5.69 Å². The smallest absolute Gasteiger partial charge is 0.0746 e. The maximum Gasteiger partial charge on any atom is 0.0746 e. The quantitative estimate of drug-likeness (QED) is 0.883. The van der Waals surface area contributed by atoms with Crippen molar-refractivity contribution in [2.45, 2.75) is 45.4 Å².